The summed E-state index contributed by atoms with van der Waals surface area (Å²) >= 11 is 0. The van der Waals surface area contributed by atoms with Crippen molar-refractivity contribution in [2.24, 2.45) is 0 Å². The molecule has 1 saturated heterocycles. The average Bonchev–Trinajstić information content (AvgIpc) is 3.10. The van der Waals surface area contributed by atoms with Crippen LogP contribution in [0.3, 0.4) is 0 Å². The summed E-state index contributed by atoms with van der Waals surface area (Å²) in [6.45, 7) is 1.78. The van der Waals surface area contributed by atoms with Crippen LogP contribution in [0.4, 0.5) is 0 Å². The zero-order valence-corrected chi connectivity index (χ0v) is 13.7. The van der Waals surface area contributed by atoms with E-state index in [1.165, 1.54) is 6.07 Å². The quantitative estimate of drug-likeness (QED) is 0.591. The standard InChI is InChI=1S/C19H20N4O2/c24-15-9-8-14(19(25)21-13-7-4-10-20-11-13)16-17(15)23-18(22-16)12-5-2-1-3-6-12/h1-3,5-6,8-9,13,20,24H,4,7,10-11H2,(H,21,25)(H,22,23)/t13-/m0/s1. The SMILES string of the molecule is O=C(N[C@H]1CCCNC1)c1ccc(O)c2[nH]c(-c3ccccc3)nc12. The Kier molecular flexibility index (Phi) is 4.11. The number of H-pyrrole nitrogens is 1. The van der Waals surface area contributed by atoms with Crippen LogP contribution >= 0.6 is 0 Å². The first-order chi connectivity index (χ1) is 12.2. The van der Waals surface area contributed by atoms with Crippen LogP contribution in [-0.2, 0) is 0 Å². The number of aromatic hydroxyl groups is 1. The second-order valence-electron chi connectivity index (χ2n) is 6.32. The largest absolute Gasteiger partial charge is 0.506 e. The summed E-state index contributed by atoms with van der Waals surface area (Å²) < 4.78 is 0. The molecule has 0 bridgehead atoms. The Hall–Kier alpha value is -2.86. The van der Waals surface area contributed by atoms with Gasteiger partial charge < -0.3 is 20.7 Å². The molecule has 1 fully saturated rings. The van der Waals surface area contributed by atoms with E-state index in [1.54, 1.807) is 6.07 Å². The molecular weight excluding hydrogens is 316 g/mol. The van der Waals surface area contributed by atoms with Gasteiger partial charge in [-0.25, -0.2) is 4.98 Å². The number of phenolic OH excluding ortho intramolecular Hbond substituents is 1. The number of piperidine rings is 1. The van der Waals surface area contributed by atoms with Crippen molar-refractivity contribution in [3.05, 3.63) is 48.0 Å². The zero-order chi connectivity index (χ0) is 17.2. The normalized spacial score (nSPS) is 17.5. The number of carbonyl (C=O) groups excluding carboxylic acids is 1. The van der Waals surface area contributed by atoms with Gasteiger partial charge in [0.25, 0.3) is 5.91 Å². The van der Waals surface area contributed by atoms with E-state index in [1.807, 2.05) is 30.3 Å². The maximum absolute atomic E-state index is 12.7. The minimum atomic E-state index is -0.162. The lowest BCUT2D eigenvalue weighted by molar-refractivity contribution is 0.0932. The second-order valence-corrected chi connectivity index (χ2v) is 6.32. The fraction of sp³-hybridized carbons (Fsp3) is 0.263. The number of hydrogen-bond acceptors (Lipinski definition) is 4. The lowest BCUT2D eigenvalue weighted by Crippen LogP contribution is -2.45. The molecule has 0 saturated carbocycles. The van der Waals surface area contributed by atoms with Gasteiger partial charge in [0.1, 0.15) is 22.6 Å². The molecule has 1 aliphatic heterocycles. The molecule has 0 spiro atoms. The molecule has 6 nitrogen and oxygen atoms in total. The van der Waals surface area contributed by atoms with Crippen molar-refractivity contribution in [3.63, 3.8) is 0 Å². The Morgan fingerprint density at radius 1 is 1.20 bits per heavy atom. The number of aromatic nitrogens is 2. The number of nitrogens with zero attached hydrogens (tertiary/aromatic N) is 1. The minimum absolute atomic E-state index is 0.0839. The molecular formula is C19H20N4O2. The Bertz CT molecular complexity index is 898. The van der Waals surface area contributed by atoms with Crippen molar-refractivity contribution in [2.45, 2.75) is 18.9 Å². The number of aromatic amines is 1. The second kappa shape index (κ2) is 6.57. The predicted octanol–water partition coefficient (Wildman–Crippen LogP) is 2.42. The van der Waals surface area contributed by atoms with Gasteiger partial charge in [-0.05, 0) is 31.5 Å². The summed E-state index contributed by atoms with van der Waals surface area (Å²) in [4.78, 5) is 20.4. The highest BCUT2D eigenvalue weighted by atomic mass is 16.3. The molecule has 0 unspecified atom stereocenters. The lowest BCUT2D eigenvalue weighted by atomic mass is 10.1. The molecule has 4 rings (SSSR count). The average molecular weight is 336 g/mol. The number of imidazole rings is 1. The number of hydrogen-bond donors (Lipinski definition) is 4. The molecule has 0 aliphatic carbocycles. The van der Waals surface area contributed by atoms with Gasteiger partial charge in [-0.1, -0.05) is 30.3 Å². The highest BCUT2D eigenvalue weighted by molar-refractivity contribution is 6.06. The first-order valence-corrected chi connectivity index (χ1v) is 8.51. The number of rotatable bonds is 3. The minimum Gasteiger partial charge on any atom is -0.506 e. The molecule has 1 aromatic heterocycles. The summed E-state index contributed by atoms with van der Waals surface area (Å²) in [7, 11) is 0. The molecule has 2 heterocycles. The molecule has 1 amide bonds. The fourth-order valence-corrected chi connectivity index (χ4v) is 3.23. The van der Waals surface area contributed by atoms with Gasteiger partial charge in [0, 0.05) is 18.2 Å². The number of carbonyl (C=O) groups is 1. The third-order valence-corrected chi connectivity index (χ3v) is 4.55. The van der Waals surface area contributed by atoms with Gasteiger partial charge >= 0.3 is 0 Å². The van der Waals surface area contributed by atoms with Gasteiger partial charge in [-0.15, -0.1) is 0 Å². The number of phenols is 1. The van der Waals surface area contributed by atoms with Crippen LogP contribution in [-0.4, -0.2) is 40.1 Å². The van der Waals surface area contributed by atoms with Gasteiger partial charge in [0.2, 0.25) is 0 Å². The van der Waals surface area contributed by atoms with Crippen molar-refractivity contribution in [1.29, 1.82) is 0 Å². The molecule has 6 heteroatoms. The zero-order valence-electron chi connectivity index (χ0n) is 13.7. The van der Waals surface area contributed by atoms with E-state index < -0.39 is 0 Å². The van der Waals surface area contributed by atoms with Gasteiger partial charge in [0.15, 0.2) is 0 Å². The van der Waals surface area contributed by atoms with Crippen LogP contribution in [0.5, 0.6) is 5.75 Å². The fourth-order valence-electron chi connectivity index (χ4n) is 3.23. The molecule has 4 N–H and O–H groups in total. The van der Waals surface area contributed by atoms with Crippen LogP contribution in [0, 0.1) is 0 Å². The third-order valence-electron chi connectivity index (χ3n) is 4.55. The van der Waals surface area contributed by atoms with Crippen molar-refractivity contribution in [3.8, 4) is 17.1 Å². The summed E-state index contributed by atoms with van der Waals surface area (Å²) in [5.41, 5.74) is 2.34. The first kappa shape index (κ1) is 15.7. The molecule has 2 aromatic carbocycles. The molecule has 1 atom stereocenters. The van der Waals surface area contributed by atoms with E-state index in [9.17, 15) is 9.90 Å². The van der Waals surface area contributed by atoms with Gasteiger partial charge in [-0.3, -0.25) is 4.79 Å². The van der Waals surface area contributed by atoms with Crippen molar-refractivity contribution >= 4 is 16.9 Å². The maximum Gasteiger partial charge on any atom is 0.253 e. The van der Waals surface area contributed by atoms with Crippen LogP contribution in [0.2, 0.25) is 0 Å². The number of amides is 1. The summed E-state index contributed by atoms with van der Waals surface area (Å²) in [5.74, 6) is 0.552. The van der Waals surface area contributed by atoms with Crippen LogP contribution in [0.25, 0.3) is 22.4 Å². The van der Waals surface area contributed by atoms with E-state index in [2.05, 4.69) is 20.6 Å². The highest BCUT2D eigenvalue weighted by Crippen LogP contribution is 2.29. The third kappa shape index (κ3) is 3.08. The van der Waals surface area contributed by atoms with E-state index in [-0.39, 0.29) is 17.7 Å². The van der Waals surface area contributed by atoms with E-state index in [0.29, 0.717) is 22.4 Å². The molecule has 1 aliphatic rings. The van der Waals surface area contributed by atoms with E-state index in [0.717, 1.165) is 31.5 Å². The van der Waals surface area contributed by atoms with Crippen molar-refractivity contribution in [1.82, 2.24) is 20.6 Å². The molecule has 25 heavy (non-hydrogen) atoms. The maximum atomic E-state index is 12.7. The topological polar surface area (TPSA) is 90.0 Å². The lowest BCUT2D eigenvalue weighted by Gasteiger charge is -2.23. The van der Waals surface area contributed by atoms with E-state index >= 15 is 0 Å². The predicted molar refractivity (Wildman–Crippen MR) is 96.6 cm³/mol. The van der Waals surface area contributed by atoms with Gasteiger partial charge in [0.05, 0.1) is 5.56 Å². The monoisotopic (exact) mass is 336 g/mol. The summed E-state index contributed by atoms with van der Waals surface area (Å²) in [5, 5.41) is 16.5. The Morgan fingerprint density at radius 2 is 2.04 bits per heavy atom. The van der Waals surface area contributed by atoms with Crippen LogP contribution in [0.15, 0.2) is 42.5 Å². The number of nitrogens with one attached hydrogen (secondary N) is 3. The highest BCUT2D eigenvalue weighted by Gasteiger charge is 2.20. The Balaban J connectivity index is 1.70. The number of fused-ring (bicyclic) bond motifs is 1. The van der Waals surface area contributed by atoms with Crippen LogP contribution in [0.1, 0.15) is 23.2 Å². The molecule has 128 valence electrons. The smallest absolute Gasteiger partial charge is 0.253 e. The Morgan fingerprint density at radius 3 is 2.80 bits per heavy atom. The van der Waals surface area contributed by atoms with Gasteiger partial charge in [-0.2, -0.15) is 0 Å². The Labute approximate surface area is 145 Å². The number of benzene rings is 2. The van der Waals surface area contributed by atoms with Crippen molar-refractivity contribution < 1.29 is 9.90 Å². The van der Waals surface area contributed by atoms with Crippen molar-refractivity contribution in [2.75, 3.05) is 13.1 Å². The first-order valence-electron chi connectivity index (χ1n) is 8.51. The van der Waals surface area contributed by atoms with E-state index in [4.69, 9.17) is 0 Å². The van der Waals surface area contributed by atoms with Crippen LogP contribution < -0.4 is 10.6 Å². The summed E-state index contributed by atoms with van der Waals surface area (Å²) in [6.07, 6.45) is 2.02. The molecule has 3 aromatic rings. The summed E-state index contributed by atoms with van der Waals surface area (Å²) in [6, 6.07) is 12.9. The molecule has 0 radical (unpaired) electrons.